The van der Waals surface area contributed by atoms with E-state index in [1.54, 1.807) is 24.4 Å². The molecule has 0 aliphatic carbocycles. The van der Waals surface area contributed by atoms with Crippen molar-refractivity contribution in [1.82, 2.24) is 15.5 Å². The van der Waals surface area contributed by atoms with Gasteiger partial charge in [-0.25, -0.2) is 4.39 Å². The number of rotatable bonds is 2. The minimum atomic E-state index is -0.237. The molecular weight excluding hydrogens is 349 g/mol. The molecule has 0 radical (unpaired) electrons. The molecular formula is C24H18FN3. The Morgan fingerprint density at radius 3 is 2.57 bits per heavy atom. The topological polar surface area (TPSA) is 37.8 Å². The molecule has 0 spiro atoms. The standard InChI is InChI=1S/C24H18FN3/c25-24-21(23-6-3-12-27-28-23)10-9-20-19(11-13-26-15-22(20)24)18-8-7-16-4-1-2-5-17(16)14-18/h1-12,14,26H,13,15H2. The summed E-state index contributed by atoms with van der Waals surface area (Å²) in [5, 5.41) is 13.6. The number of fused-ring (bicyclic) bond motifs is 2. The molecule has 136 valence electrons. The molecule has 4 heteroatoms. The van der Waals surface area contributed by atoms with Gasteiger partial charge < -0.3 is 5.32 Å². The van der Waals surface area contributed by atoms with E-state index in [-0.39, 0.29) is 5.82 Å². The summed E-state index contributed by atoms with van der Waals surface area (Å²) in [4.78, 5) is 0. The highest BCUT2D eigenvalue weighted by Gasteiger charge is 2.20. The van der Waals surface area contributed by atoms with Gasteiger partial charge in [0.2, 0.25) is 0 Å². The lowest BCUT2D eigenvalue weighted by molar-refractivity contribution is 0.600. The van der Waals surface area contributed by atoms with E-state index in [0.717, 1.165) is 16.7 Å². The van der Waals surface area contributed by atoms with Crippen LogP contribution >= 0.6 is 0 Å². The monoisotopic (exact) mass is 367 g/mol. The molecule has 1 aliphatic heterocycles. The van der Waals surface area contributed by atoms with Crippen LogP contribution < -0.4 is 5.32 Å². The Bertz CT molecular complexity index is 1200. The molecule has 28 heavy (non-hydrogen) atoms. The number of hydrogen-bond acceptors (Lipinski definition) is 3. The second-order valence-corrected chi connectivity index (χ2v) is 6.87. The highest BCUT2D eigenvalue weighted by molar-refractivity contribution is 5.90. The zero-order chi connectivity index (χ0) is 18.9. The van der Waals surface area contributed by atoms with E-state index in [1.807, 2.05) is 18.2 Å². The summed E-state index contributed by atoms with van der Waals surface area (Å²) in [6, 6.07) is 22.0. The van der Waals surface area contributed by atoms with Crippen LogP contribution in [0.15, 0.2) is 79.0 Å². The van der Waals surface area contributed by atoms with Crippen molar-refractivity contribution in [2.24, 2.45) is 0 Å². The fraction of sp³-hybridized carbons (Fsp3) is 0.0833. The van der Waals surface area contributed by atoms with Gasteiger partial charge in [0.15, 0.2) is 0 Å². The van der Waals surface area contributed by atoms with Crippen molar-refractivity contribution in [3.05, 3.63) is 102 Å². The number of nitrogens with one attached hydrogen (secondary N) is 1. The molecule has 0 fully saturated rings. The van der Waals surface area contributed by atoms with Crippen molar-refractivity contribution in [2.75, 3.05) is 6.54 Å². The molecule has 4 aromatic rings. The minimum absolute atomic E-state index is 0.237. The molecule has 0 bridgehead atoms. The molecule has 0 saturated carbocycles. The lowest BCUT2D eigenvalue weighted by Crippen LogP contribution is -2.13. The van der Waals surface area contributed by atoms with Gasteiger partial charge in [-0.15, -0.1) is 0 Å². The van der Waals surface area contributed by atoms with Crippen LogP contribution in [0.2, 0.25) is 0 Å². The van der Waals surface area contributed by atoms with E-state index < -0.39 is 0 Å². The maximum atomic E-state index is 15.4. The summed E-state index contributed by atoms with van der Waals surface area (Å²) in [7, 11) is 0. The fourth-order valence-electron chi connectivity index (χ4n) is 3.80. The first-order valence-corrected chi connectivity index (χ1v) is 9.31. The SMILES string of the molecule is Fc1c(-c2cccnn2)ccc2c1CNCC=C2c1ccc2ccccc2c1. The van der Waals surface area contributed by atoms with Crippen molar-refractivity contribution < 1.29 is 4.39 Å². The average Bonchev–Trinajstić information content (AvgIpc) is 2.97. The highest BCUT2D eigenvalue weighted by Crippen LogP contribution is 2.34. The highest BCUT2D eigenvalue weighted by atomic mass is 19.1. The summed E-state index contributed by atoms with van der Waals surface area (Å²) in [5.41, 5.74) is 4.76. The molecule has 0 unspecified atom stereocenters. The van der Waals surface area contributed by atoms with Gasteiger partial charge in [-0.1, -0.05) is 48.5 Å². The summed E-state index contributed by atoms with van der Waals surface area (Å²) in [6.45, 7) is 1.17. The molecule has 0 atom stereocenters. The molecule has 0 amide bonds. The third-order valence-corrected chi connectivity index (χ3v) is 5.19. The largest absolute Gasteiger partial charge is 0.309 e. The van der Waals surface area contributed by atoms with Crippen LogP contribution in [0, 0.1) is 5.82 Å². The fourth-order valence-corrected chi connectivity index (χ4v) is 3.80. The van der Waals surface area contributed by atoms with E-state index >= 15 is 4.39 Å². The lowest BCUT2D eigenvalue weighted by atomic mass is 9.91. The van der Waals surface area contributed by atoms with Gasteiger partial charge in [0.05, 0.1) is 5.69 Å². The maximum absolute atomic E-state index is 15.4. The van der Waals surface area contributed by atoms with Crippen molar-refractivity contribution >= 4 is 16.3 Å². The third kappa shape index (κ3) is 2.88. The van der Waals surface area contributed by atoms with Crippen LogP contribution in [0.5, 0.6) is 0 Å². The van der Waals surface area contributed by atoms with E-state index in [0.29, 0.717) is 29.9 Å². The minimum Gasteiger partial charge on any atom is -0.309 e. The summed E-state index contributed by atoms with van der Waals surface area (Å²) in [5.74, 6) is -0.237. The molecule has 5 rings (SSSR count). The van der Waals surface area contributed by atoms with Crippen molar-refractivity contribution in [2.45, 2.75) is 6.54 Å². The first-order chi connectivity index (χ1) is 13.8. The van der Waals surface area contributed by atoms with Crippen LogP contribution in [0.25, 0.3) is 27.6 Å². The number of benzene rings is 3. The first-order valence-electron chi connectivity index (χ1n) is 9.31. The molecule has 0 saturated heterocycles. The smallest absolute Gasteiger partial charge is 0.137 e. The first kappa shape index (κ1) is 16.8. The Hall–Kier alpha value is -3.37. The van der Waals surface area contributed by atoms with E-state index in [4.69, 9.17) is 0 Å². The van der Waals surface area contributed by atoms with E-state index in [1.165, 1.54) is 10.8 Å². The summed E-state index contributed by atoms with van der Waals surface area (Å²) in [6.07, 6.45) is 3.73. The number of halogens is 1. The second-order valence-electron chi connectivity index (χ2n) is 6.87. The lowest BCUT2D eigenvalue weighted by Gasteiger charge is -2.15. The maximum Gasteiger partial charge on any atom is 0.137 e. The Balaban J connectivity index is 1.66. The van der Waals surface area contributed by atoms with E-state index in [2.05, 4.69) is 51.9 Å². The summed E-state index contributed by atoms with van der Waals surface area (Å²) < 4.78 is 15.4. The Morgan fingerprint density at radius 1 is 0.857 bits per heavy atom. The van der Waals surface area contributed by atoms with Crippen molar-refractivity contribution in [3.8, 4) is 11.3 Å². The second kappa shape index (κ2) is 6.98. The van der Waals surface area contributed by atoms with Crippen LogP contribution in [-0.2, 0) is 6.54 Å². The van der Waals surface area contributed by atoms with Crippen LogP contribution in [0.1, 0.15) is 16.7 Å². The quantitative estimate of drug-likeness (QED) is 0.543. The van der Waals surface area contributed by atoms with Crippen LogP contribution in [-0.4, -0.2) is 16.7 Å². The number of hydrogen-bond donors (Lipinski definition) is 1. The van der Waals surface area contributed by atoms with E-state index in [9.17, 15) is 0 Å². The number of aromatic nitrogens is 2. The molecule has 1 aromatic heterocycles. The Labute approximate surface area is 162 Å². The Kier molecular flexibility index (Phi) is 4.18. The predicted molar refractivity (Wildman–Crippen MR) is 110 cm³/mol. The summed E-state index contributed by atoms with van der Waals surface area (Å²) >= 11 is 0. The normalized spacial score (nSPS) is 13.7. The molecule has 1 N–H and O–H groups in total. The van der Waals surface area contributed by atoms with Gasteiger partial charge in [-0.3, -0.25) is 0 Å². The van der Waals surface area contributed by atoms with Gasteiger partial charge in [-0.05, 0) is 51.7 Å². The van der Waals surface area contributed by atoms with Gasteiger partial charge >= 0.3 is 0 Å². The van der Waals surface area contributed by atoms with Gasteiger partial charge in [0.25, 0.3) is 0 Å². The average molecular weight is 367 g/mol. The molecule has 1 aliphatic rings. The molecule has 3 nitrogen and oxygen atoms in total. The zero-order valence-electron chi connectivity index (χ0n) is 15.2. The Morgan fingerprint density at radius 2 is 1.71 bits per heavy atom. The predicted octanol–water partition coefficient (Wildman–Crippen LogP) is 4.97. The van der Waals surface area contributed by atoms with Crippen LogP contribution in [0.4, 0.5) is 4.39 Å². The van der Waals surface area contributed by atoms with Crippen molar-refractivity contribution in [1.29, 1.82) is 0 Å². The zero-order valence-corrected chi connectivity index (χ0v) is 15.2. The van der Waals surface area contributed by atoms with Gasteiger partial charge in [-0.2, -0.15) is 10.2 Å². The van der Waals surface area contributed by atoms with Gasteiger partial charge in [0.1, 0.15) is 5.82 Å². The number of nitrogens with zero attached hydrogens (tertiary/aromatic N) is 2. The molecule has 3 aromatic carbocycles. The molecule has 2 heterocycles. The van der Waals surface area contributed by atoms with Crippen molar-refractivity contribution in [3.63, 3.8) is 0 Å². The van der Waals surface area contributed by atoms with Crippen LogP contribution in [0.3, 0.4) is 0 Å². The van der Waals surface area contributed by atoms with Gasteiger partial charge in [0, 0.05) is 30.4 Å². The third-order valence-electron chi connectivity index (χ3n) is 5.19.